The van der Waals surface area contributed by atoms with Crippen LogP contribution in [0.15, 0.2) is 18.3 Å². The maximum atomic E-state index is 11.4. The van der Waals surface area contributed by atoms with Gasteiger partial charge in [0, 0.05) is 19.2 Å². The molecule has 0 saturated heterocycles. The van der Waals surface area contributed by atoms with E-state index in [1.54, 1.807) is 6.07 Å². The summed E-state index contributed by atoms with van der Waals surface area (Å²) in [4.78, 5) is 25.8. The summed E-state index contributed by atoms with van der Waals surface area (Å²) in [6, 6.07) is 3.10. The first-order valence-electron chi connectivity index (χ1n) is 5.60. The molecular weight excluding hydrogens is 220 g/mol. The summed E-state index contributed by atoms with van der Waals surface area (Å²) in [6.45, 7) is 0.401. The molecule has 17 heavy (non-hydrogen) atoms. The van der Waals surface area contributed by atoms with Gasteiger partial charge >= 0.3 is 5.97 Å². The van der Waals surface area contributed by atoms with Crippen molar-refractivity contribution < 1.29 is 14.7 Å². The SMILES string of the molecule is O=C(CC1CC1)NCc1ccc(C(=O)O)nc1. The normalized spacial score (nSPS) is 14.4. The Bertz CT molecular complexity index is 424. The van der Waals surface area contributed by atoms with Gasteiger partial charge in [0.2, 0.25) is 5.91 Å². The molecule has 0 aliphatic heterocycles. The lowest BCUT2D eigenvalue weighted by atomic mass is 10.2. The highest BCUT2D eigenvalue weighted by molar-refractivity contribution is 5.85. The van der Waals surface area contributed by atoms with Gasteiger partial charge in [-0.05, 0) is 30.4 Å². The van der Waals surface area contributed by atoms with Crippen molar-refractivity contribution in [1.29, 1.82) is 0 Å². The van der Waals surface area contributed by atoms with Gasteiger partial charge in [-0.25, -0.2) is 9.78 Å². The summed E-state index contributed by atoms with van der Waals surface area (Å²) >= 11 is 0. The number of nitrogens with zero attached hydrogens (tertiary/aromatic N) is 1. The highest BCUT2D eigenvalue weighted by Gasteiger charge is 2.24. The van der Waals surface area contributed by atoms with Crippen LogP contribution >= 0.6 is 0 Å². The first-order chi connectivity index (χ1) is 8.15. The second-order valence-electron chi connectivity index (χ2n) is 4.28. The van der Waals surface area contributed by atoms with Crippen molar-refractivity contribution in [2.45, 2.75) is 25.8 Å². The van der Waals surface area contributed by atoms with Gasteiger partial charge in [0.1, 0.15) is 5.69 Å². The van der Waals surface area contributed by atoms with Crippen LogP contribution in [0.1, 0.15) is 35.3 Å². The third-order valence-electron chi connectivity index (χ3n) is 2.70. The molecule has 0 bridgehead atoms. The highest BCUT2D eigenvalue weighted by Crippen LogP contribution is 2.32. The van der Waals surface area contributed by atoms with Crippen LogP contribution in [0.2, 0.25) is 0 Å². The van der Waals surface area contributed by atoms with Gasteiger partial charge in [0.15, 0.2) is 0 Å². The van der Waals surface area contributed by atoms with E-state index in [1.807, 2.05) is 0 Å². The Labute approximate surface area is 98.9 Å². The predicted octanol–water partition coefficient (Wildman–Crippen LogP) is 1.20. The minimum Gasteiger partial charge on any atom is -0.477 e. The van der Waals surface area contributed by atoms with E-state index in [4.69, 9.17) is 5.11 Å². The van der Waals surface area contributed by atoms with Crippen molar-refractivity contribution in [2.24, 2.45) is 5.92 Å². The summed E-state index contributed by atoms with van der Waals surface area (Å²) in [7, 11) is 0. The number of rotatable bonds is 5. The number of carboxylic acids is 1. The van der Waals surface area contributed by atoms with E-state index < -0.39 is 5.97 Å². The number of pyridine rings is 1. The Morgan fingerprint density at radius 3 is 2.71 bits per heavy atom. The quantitative estimate of drug-likeness (QED) is 0.802. The standard InChI is InChI=1S/C12H14N2O3/c15-11(5-8-1-2-8)14-7-9-3-4-10(12(16)17)13-6-9/h3-4,6,8H,1-2,5,7H2,(H,14,15)(H,16,17). The van der Waals surface area contributed by atoms with Crippen molar-refractivity contribution >= 4 is 11.9 Å². The molecule has 0 spiro atoms. The molecule has 0 radical (unpaired) electrons. The molecular formula is C12H14N2O3. The number of aromatic nitrogens is 1. The monoisotopic (exact) mass is 234 g/mol. The Balaban J connectivity index is 1.81. The van der Waals surface area contributed by atoms with Crippen LogP contribution in [0, 0.1) is 5.92 Å². The lowest BCUT2D eigenvalue weighted by molar-refractivity contribution is -0.121. The molecule has 5 heteroatoms. The largest absolute Gasteiger partial charge is 0.477 e. The molecule has 2 N–H and O–H groups in total. The zero-order valence-electron chi connectivity index (χ0n) is 9.35. The Morgan fingerprint density at radius 1 is 1.41 bits per heavy atom. The minimum absolute atomic E-state index is 0.0121. The van der Waals surface area contributed by atoms with Crippen LogP contribution in [-0.2, 0) is 11.3 Å². The molecule has 1 aromatic rings. The number of carbonyl (C=O) groups excluding carboxylic acids is 1. The molecule has 90 valence electrons. The lowest BCUT2D eigenvalue weighted by Crippen LogP contribution is -2.23. The molecule has 1 aliphatic carbocycles. The van der Waals surface area contributed by atoms with Gasteiger partial charge < -0.3 is 10.4 Å². The third kappa shape index (κ3) is 3.55. The summed E-state index contributed by atoms with van der Waals surface area (Å²) in [5, 5.41) is 11.5. The number of hydrogen-bond acceptors (Lipinski definition) is 3. The third-order valence-corrected chi connectivity index (χ3v) is 2.70. The number of amides is 1. The number of carbonyl (C=O) groups is 2. The molecule has 2 rings (SSSR count). The van der Waals surface area contributed by atoms with Gasteiger partial charge in [-0.15, -0.1) is 0 Å². The van der Waals surface area contributed by atoms with Gasteiger partial charge in [-0.2, -0.15) is 0 Å². The van der Waals surface area contributed by atoms with E-state index in [-0.39, 0.29) is 11.6 Å². The average molecular weight is 234 g/mol. The fourth-order valence-corrected chi connectivity index (χ4v) is 1.51. The molecule has 0 atom stereocenters. The number of carboxylic acid groups (broad SMARTS) is 1. The van der Waals surface area contributed by atoms with Crippen LogP contribution in [0.5, 0.6) is 0 Å². The van der Waals surface area contributed by atoms with Crippen LogP contribution in [0.4, 0.5) is 0 Å². The Kier molecular flexibility index (Phi) is 3.37. The molecule has 1 saturated carbocycles. The molecule has 1 fully saturated rings. The zero-order chi connectivity index (χ0) is 12.3. The minimum atomic E-state index is -1.05. The number of hydrogen-bond donors (Lipinski definition) is 2. The van der Waals surface area contributed by atoms with Crippen LogP contribution in [0.25, 0.3) is 0 Å². The van der Waals surface area contributed by atoms with Crippen LogP contribution in [0.3, 0.4) is 0 Å². The average Bonchev–Trinajstić information content (AvgIpc) is 3.11. The second-order valence-corrected chi connectivity index (χ2v) is 4.28. The van der Waals surface area contributed by atoms with Gasteiger partial charge in [-0.3, -0.25) is 4.79 Å². The predicted molar refractivity (Wildman–Crippen MR) is 60.4 cm³/mol. The fraction of sp³-hybridized carbons (Fsp3) is 0.417. The summed E-state index contributed by atoms with van der Waals surface area (Å²) in [6.07, 6.45) is 4.38. The second kappa shape index (κ2) is 4.95. The van der Waals surface area contributed by atoms with E-state index in [9.17, 15) is 9.59 Å². The topological polar surface area (TPSA) is 79.3 Å². The first-order valence-corrected chi connectivity index (χ1v) is 5.60. The maximum absolute atomic E-state index is 11.4. The Hall–Kier alpha value is -1.91. The maximum Gasteiger partial charge on any atom is 0.354 e. The van der Waals surface area contributed by atoms with Gasteiger partial charge in [0.05, 0.1) is 0 Å². The van der Waals surface area contributed by atoms with Crippen molar-refractivity contribution in [3.05, 3.63) is 29.6 Å². The van der Waals surface area contributed by atoms with Crippen molar-refractivity contribution in [3.8, 4) is 0 Å². The zero-order valence-corrected chi connectivity index (χ0v) is 9.35. The first kappa shape index (κ1) is 11.6. The van der Waals surface area contributed by atoms with E-state index in [2.05, 4.69) is 10.3 Å². The van der Waals surface area contributed by atoms with E-state index in [0.29, 0.717) is 18.9 Å². The van der Waals surface area contributed by atoms with Gasteiger partial charge in [0.25, 0.3) is 0 Å². The smallest absolute Gasteiger partial charge is 0.354 e. The summed E-state index contributed by atoms with van der Waals surface area (Å²) in [5.74, 6) is -0.424. The molecule has 0 aromatic carbocycles. The van der Waals surface area contributed by atoms with Gasteiger partial charge in [-0.1, -0.05) is 6.07 Å². The molecule has 1 aromatic heterocycles. The molecule has 1 heterocycles. The summed E-state index contributed by atoms with van der Waals surface area (Å²) in [5.41, 5.74) is 0.817. The molecule has 0 unspecified atom stereocenters. The van der Waals surface area contributed by atoms with E-state index in [0.717, 1.165) is 18.4 Å². The van der Waals surface area contributed by atoms with Crippen molar-refractivity contribution in [3.63, 3.8) is 0 Å². The van der Waals surface area contributed by atoms with E-state index >= 15 is 0 Å². The summed E-state index contributed by atoms with van der Waals surface area (Å²) < 4.78 is 0. The number of aromatic carboxylic acids is 1. The van der Waals surface area contributed by atoms with Crippen molar-refractivity contribution in [1.82, 2.24) is 10.3 Å². The Morgan fingerprint density at radius 2 is 2.18 bits per heavy atom. The van der Waals surface area contributed by atoms with Crippen molar-refractivity contribution in [2.75, 3.05) is 0 Å². The van der Waals surface area contributed by atoms with Crippen LogP contribution in [-0.4, -0.2) is 22.0 Å². The molecule has 1 amide bonds. The molecule has 1 aliphatic rings. The number of nitrogens with one attached hydrogen (secondary N) is 1. The molecule has 5 nitrogen and oxygen atoms in total. The lowest BCUT2D eigenvalue weighted by Gasteiger charge is -2.04. The van der Waals surface area contributed by atoms with Crippen LogP contribution < -0.4 is 5.32 Å². The fourth-order valence-electron chi connectivity index (χ4n) is 1.51. The highest BCUT2D eigenvalue weighted by atomic mass is 16.4. The van der Waals surface area contributed by atoms with E-state index in [1.165, 1.54) is 12.3 Å².